The molecule has 0 amide bonds. The second-order valence-electron chi connectivity index (χ2n) is 2.70. The summed E-state index contributed by atoms with van der Waals surface area (Å²) >= 11 is 3.18. The molecule has 0 saturated heterocycles. The fourth-order valence-electron chi connectivity index (χ4n) is 1.03. The number of rotatable bonds is 1. The quantitative estimate of drug-likeness (QED) is 0.808. The van der Waals surface area contributed by atoms with Gasteiger partial charge < -0.3 is 9.67 Å². The van der Waals surface area contributed by atoms with Crippen LogP contribution in [-0.2, 0) is 7.05 Å². The molecule has 0 atom stereocenters. The molecule has 70 valence electrons. The number of hydrogen-bond acceptors (Lipinski definition) is 2. The van der Waals surface area contributed by atoms with Crippen LogP contribution in [0.2, 0.25) is 0 Å². The first-order valence-corrected chi connectivity index (χ1v) is 4.33. The Morgan fingerprint density at radius 2 is 2.15 bits per heavy atom. The summed E-state index contributed by atoms with van der Waals surface area (Å²) in [5.41, 5.74) is -0.222. The van der Waals surface area contributed by atoms with Gasteiger partial charge >= 0.3 is 5.97 Å². The topological polar surface area (TPSA) is 59.3 Å². The van der Waals surface area contributed by atoms with Gasteiger partial charge in [-0.05, 0) is 28.4 Å². The van der Waals surface area contributed by atoms with E-state index < -0.39 is 11.5 Å². The minimum Gasteiger partial charge on any atom is -0.477 e. The summed E-state index contributed by atoms with van der Waals surface area (Å²) in [4.78, 5) is 22.1. The van der Waals surface area contributed by atoms with Crippen molar-refractivity contribution >= 4 is 21.9 Å². The first kappa shape index (κ1) is 9.98. The van der Waals surface area contributed by atoms with Crippen molar-refractivity contribution in [2.24, 2.45) is 7.05 Å². The van der Waals surface area contributed by atoms with Gasteiger partial charge in [0.15, 0.2) is 0 Å². The van der Waals surface area contributed by atoms with Crippen LogP contribution >= 0.6 is 15.9 Å². The summed E-state index contributed by atoms with van der Waals surface area (Å²) < 4.78 is 1.85. The Labute approximate surface area is 82.9 Å². The number of aromatic carboxylic acids is 1. The Morgan fingerprint density at radius 1 is 1.62 bits per heavy atom. The fraction of sp³-hybridized carbons (Fsp3) is 0.250. The fourth-order valence-corrected chi connectivity index (χ4v) is 1.54. The highest BCUT2D eigenvalue weighted by molar-refractivity contribution is 9.10. The first-order chi connectivity index (χ1) is 5.95. The molecule has 4 nitrogen and oxygen atoms in total. The molecule has 1 rings (SSSR count). The number of carbonyl (C=O) groups is 1. The predicted molar refractivity (Wildman–Crippen MR) is 51.1 cm³/mol. The zero-order chi connectivity index (χ0) is 10.2. The van der Waals surface area contributed by atoms with E-state index in [1.54, 1.807) is 13.1 Å². The van der Waals surface area contributed by atoms with E-state index in [1.165, 1.54) is 11.6 Å². The molecule has 0 fully saturated rings. The molecule has 1 heterocycles. The number of pyridine rings is 1. The maximum Gasteiger partial charge on any atom is 0.341 e. The lowest BCUT2D eigenvalue weighted by Gasteiger charge is -2.05. The van der Waals surface area contributed by atoms with Gasteiger partial charge in [-0.25, -0.2) is 4.79 Å². The average molecular weight is 246 g/mol. The van der Waals surface area contributed by atoms with Crippen molar-refractivity contribution in [2.75, 3.05) is 0 Å². The van der Waals surface area contributed by atoms with Crippen LogP contribution in [0.3, 0.4) is 0 Å². The molecule has 0 radical (unpaired) electrons. The Bertz CT molecular complexity index is 422. The largest absolute Gasteiger partial charge is 0.477 e. The number of carboxylic acid groups (broad SMARTS) is 1. The van der Waals surface area contributed by atoms with Gasteiger partial charge in [-0.1, -0.05) is 0 Å². The lowest BCUT2D eigenvalue weighted by atomic mass is 10.1. The molecule has 0 unspecified atom stereocenters. The van der Waals surface area contributed by atoms with Crippen LogP contribution in [-0.4, -0.2) is 15.6 Å². The number of carboxylic acids is 1. The number of halogens is 1. The second-order valence-corrected chi connectivity index (χ2v) is 3.55. The van der Waals surface area contributed by atoms with Crippen LogP contribution in [0.5, 0.6) is 0 Å². The smallest absolute Gasteiger partial charge is 0.341 e. The van der Waals surface area contributed by atoms with Crippen molar-refractivity contribution in [3.63, 3.8) is 0 Å². The SMILES string of the molecule is Cc1c(Br)cn(C)c(=O)c1C(=O)O. The molecule has 1 aromatic heterocycles. The predicted octanol–water partition coefficient (Wildman–Crippen LogP) is 1.15. The Hall–Kier alpha value is -1.10. The number of hydrogen-bond donors (Lipinski definition) is 1. The minimum absolute atomic E-state index is 0.183. The van der Waals surface area contributed by atoms with Crippen molar-refractivity contribution < 1.29 is 9.90 Å². The lowest BCUT2D eigenvalue weighted by Crippen LogP contribution is -2.25. The highest BCUT2D eigenvalue weighted by Crippen LogP contribution is 2.15. The van der Waals surface area contributed by atoms with Gasteiger partial charge in [0.25, 0.3) is 5.56 Å². The Balaban J connectivity index is 3.66. The van der Waals surface area contributed by atoms with Gasteiger partial charge in [0, 0.05) is 17.7 Å². The van der Waals surface area contributed by atoms with E-state index in [4.69, 9.17) is 5.11 Å². The van der Waals surface area contributed by atoms with Crippen LogP contribution in [0.25, 0.3) is 0 Å². The monoisotopic (exact) mass is 245 g/mol. The summed E-state index contributed by atoms with van der Waals surface area (Å²) in [5, 5.41) is 8.76. The highest BCUT2D eigenvalue weighted by atomic mass is 79.9. The van der Waals surface area contributed by atoms with Gasteiger partial charge in [0.05, 0.1) is 0 Å². The van der Waals surface area contributed by atoms with Crippen molar-refractivity contribution in [1.82, 2.24) is 4.57 Å². The van der Waals surface area contributed by atoms with Crippen LogP contribution in [0.15, 0.2) is 15.5 Å². The molecule has 0 aromatic carbocycles. The van der Waals surface area contributed by atoms with Gasteiger partial charge in [-0.3, -0.25) is 4.79 Å². The van der Waals surface area contributed by atoms with E-state index in [0.29, 0.717) is 10.0 Å². The summed E-state index contributed by atoms with van der Waals surface area (Å²) in [7, 11) is 1.51. The molecular weight excluding hydrogens is 238 g/mol. The normalized spacial score (nSPS) is 10.1. The van der Waals surface area contributed by atoms with Crippen LogP contribution in [0, 0.1) is 6.92 Å². The number of aromatic nitrogens is 1. The summed E-state index contributed by atoms with van der Waals surface area (Å²) in [6, 6.07) is 0. The van der Waals surface area contributed by atoms with E-state index in [-0.39, 0.29) is 5.56 Å². The molecule has 1 N–H and O–H groups in total. The maximum absolute atomic E-state index is 11.3. The van der Waals surface area contributed by atoms with Crippen LogP contribution < -0.4 is 5.56 Å². The van der Waals surface area contributed by atoms with Crippen molar-refractivity contribution in [3.05, 3.63) is 32.2 Å². The molecule has 1 aromatic rings. The van der Waals surface area contributed by atoms with Gasteiger partial charge in [-0.15, -0.1) is 0 Å². The molecule has 0 aliphatic heterocycles. The third-order valence-electron chi connectivity index (χ3n) is 1.79. The molecule has 0 spiro atoms. The molecule has 0 aliphatic rings. The zero-order valence-electron chi connectivity index (χ0n) is 7.17. The molecule has 0 saturated carbocycles. The standard InChI is InChI=1S/C8H8BrNO3/c1-4-5(9)3-10(2)7(11)6(4)8(12)13/h3H,1-2H3,(H,12,13). The highest BCUT2D eigenvalue weighted by Gasteiger charge is 2.15. The first-order valence-electron chi connectivity index (χ1n) is 3.54. The summed E-state index contributed by atoms with van der Waals surface area (Å²) in [5.74, 6) is -1.19. The average Bonchev–Trinajstić information content (AvgIpc) is 2.01. The third-order valence-corrected chi connectivity index (χ3v) is 2.59. The van der Waals surface area contributed by atoms with Crippen LogP contribution in [0.4, 0.5) is 0 Å². The van der Waals surface area contributed by atoms with Crippen molar-refractivity contribution in [1.29, 1.82) is 0 Å². The number of nitrogens with zero attached hydrogens (tertiary/aromatic N) is 1. The molecule has 13 heavy (non-hydrogen) atoms. The number of aryl methyl sites for hydroxylation is 1. The third kappa shape index (κ3) is 1.65. The molecule has 0 aliphatic carbocycles. The van der Waals surface area contributed by atoms with E-state index >= 15 is 0 Å². The van der Waals surface area contributed by atoms with E-state index in [2.05, 4.69) is 15.9 Å². The zero-order valence-corrected chi connectivity index (χ0v) is 8.75. The van der Waals surface area contributed by atoms with E-state index in [1.807, 2.05) is 0 Å². The van der Waals surface area contributed by atoms with Gasteiger partial charge in [-0.2, -0.15) is 0 Å². The van der Waals surface area contributed by atoms with Crippen molar-refractivity contribution in [2.45, 2.75) is 6.92 Å². The molecule has 5 heteroatoms. The molecule has 0 bridgehead atoms. The van der Waals surface area contributed by atoms with Crippen LogP contribution in [0.1, 0.15) is 15.9 Å². The second kappa shape index (κ2) is 3.33. The Morgan fingerprint density at radius 3 is 2.62 bits per heavy atom. The van der Waals surface area contributed by atoms with E-state index in [0.717, 1.165) is 0 Å². The maximum atomic E-state index is 11.3. The van der Waals surface area contributed by atoms with E-state index in [9.17, 15) is 9.59 Å². The summed E-state index contributed by atoms with van der Waals surface area (Å²) in [6.07, 6.45) is 1.55. The minimum atomic E-state index is -1.19. The lowest BCUT2D eigenvalue weighted by molar-refractivity contribution is 0.0693. The van der Waals surface area contributed by atoms with Crippen molar-refractivity contribution in [3.8, 4) is 0 Å². The summed E-state index contributed by atoms with van der Waals surface area (Å²) in [6.45, 7) is 1.59. The van der Waals surface area contributed by atoms with Gasteiger partial charge in [0.2, 0.25) is 0 Å². The Kier molecular flexibility index (Phi) is 2.56. The van der Waals surface area contributed by atoms with Gasteiger partial charge in [0.1, 0.15) is 5.56 Å². The molecular formula is C8H8BrNO3.